The van der Waals surface area contributed by atoms with Crippen molar-refractivity contribution in [3.05, 3.63) is 131 Å². The minimum Gasteiger partial charge on any atom is -0.399 e. The molecule has 1 aliphatic rings. The number of urea groups is 1. The Bertz CT molecular complexity index is 1790. The van der Waals surface area contributed by atoms with E-state index < -0.39 is 50.6 Å². The topological polar surface area (TPSA) is 162 Å². The number of nitrogens with two attached hydrogens (primary N) is 2. The molecule has 1 fully saturated rings. The Hall–Kier alpha value is -4.43. The first kappa shape index (κ1) is 34.9. The van der Waals surface area contributed by atoms with Gasteiger partial charge in [-0.15, -0.1) is 0 Å². The van der Waals surface area contributed by atoms with Crippen molar-refractivity contribution in [3.8, 4) is 0 Å². The summed E-state index contributed by atoms with van der Waals surface area (Å²) in [5.41, 5.74) is 16.1. The Kier molecular flexibility index (Phi) is 10.7. The Balaban J connectivity index is 1.77. The van der Waals surface area contributed by atoms with Crippen LogP contribution in [-0.4, -0.2) is 69.5 Å². The van der Waals surface area contributed by atoms with Crippen molar-refractivity contribution in [1.82, 2.24) is 9.80 Å². The smallest absolute Gasteiger partial charge is 0.321 e. The molecule has 2 amide bonds. The fraction of sp³-hybridized carbons (Fsp3) is 0.286. The lowest BCUT2D eigenvalue weighted by molar-refractivity contribution is -0.00417. The standard InChI is InChI=1S/C35H40N4O7S2/c1-47(41,42)45-33-31(21-25-11-5-3-6-12-25)38(23-27-15-9-17-29(36)19-27)35(40)39(24-28-16-10-18-30(37)20-28)32(34(33)46-48(2,43)44)22-26-13-7-4-8-14-26/h3-20,31-34H,21-24,36-37H2,1-2H3/t31-,32-,33+,34+/m1/s1. The Morgan fingerprint density at radius 2 is 0.917 bits per heavy atom. The van der Waals surface area contributed by atoms with Gasteiger partial charge in [-0.2, -0.15) is 16.8 Å². The summed E-state index contributed by atoms with van der Waals surface area (Å²) in [4.78, 5) is 18.2. The quantitative estimate of drug-likeness (QED) is 0.164. The SMILES string of the molecule is CS(=O)(=O)O[C@@H]1[C@@H](OS(C)(=O)=O)[C@@H](Cc2ccccc2)N(Cc2cccc(N)c2)C(=O)N(Cc2cccc(N)c2)[C@@H]1Cc1ccccc1. The molecule has 0 aliphatic carbocycles. The molecule has 0 aromatic heterocycles. The largest absolute Gasteiger partial charge is 0.399 e. The highest BCUT2D eigenvalue weighted by atomic mass is 32.2. The van der Waals surface area contributed by atoms with E-state index in [9.17, 15) is 16.8 Å². The van der Waals surface area contributed by atoms with Crippen LogP contribution < -0.4 is 11.5 Å². The second-order valence-corrected chi connectivity index (χ2v) is 15.3. The summed E-state index contributed by atoms with van der Waals surface area (Å²) in [5, 5.41) is 0. The van der Waals surface area contributed by atoms with E-state index in [1.165, 1.54) is 9.80 Å². The third-order valence-electron chi connectivity index (χ3n) is 8.13. The van der Waals surface area contributed by atoms with E-state index in [0.717, 1.165) is 23.6 Å². The molecule has 4 aromatic rings. The van der Waals surface area contributed by atoms with Gasteiger partial charge in [-0.05, 0) is 59.4 Å². The number of anilines is 2. The van der Waals surface area contributed by atoms with Crippen LogP contribution in [0.5, 0.6) is 0 Å². The fourth-order valence-corrected chi connectivity index (χ4v) is 7.48. The molecule has 0 saturated carbocycles. The van der Waals surface area contributed by atoms with Crippen LogP contribution in [0.15, 0.2) is 109 Å². The second-order valence-electron chi connectivity index (χ2n) is 12.1. The molecular weight excluding hydrogens is 653 g/mol. The van der Waals surface area contributed by atoms with Crippen LogP contribution in [0.3, 0.4) is 0 Å². The molecule has 13 heteroatoms. The molecule has 4 N–H and O–H groups in total. The maximum atomic E-state index is 15.1. The van der Waals surface area contributed by atoms with Crippen LogP contribution in [0.2, 0.25) is 0 Å². The highest BCUT2D eigenvalue weighted by molar-refractivity contribution is 7.86. The van der Waals surface area contributed by atoms with Gasteiger partial charge in [-0.1, -0.05) is 84.9 Å². The normalized spacial score (nSPS) is 20.4. The fourth-order valence-electron chi connectivity index (χ4n) is 6.19. The van der Waals surface area contributed by atoms with Gasteiger partial charge in [0.25, 0.3) is 20.2 Å². The van der Waals surface area contributed by atoms with Gasteiger partial charge in [0, 0.05) is 24.5 Å². The van der Waals surface area contributed by atoms with Crippen molar-refractivity contribution < 1.29 is 30.0 Å². The zero-order valence-corrected chi connectivity index (χ0v) is 28.4. The maximum Gasteiger partial charge on any atom is 0.321 e. The number of nitrogens with zero attached hydrogens (tertiary/aromatic N) is 2. The first-order valence-corrected chi connectivity index (χ1v) is 19.0. The molecular formula is C35H40N4O7S2. The molecule has 0 spiro atoms. The highest BCUT2D eigenvalue weighted by Gasteiger charge is 2.51. The predicted octanol–water partition coefficient (Wildman–Crippen LogP) is 4.20. The van der Waals surface area contributed by atoms with Gasteiger partial charge in [0.15, 0.2) is 0 Å². The number of carbonyl (C=O) groups excluding carboxylic acids is 1. The zero-order valence-electron chi connectivity index (χ0n) is 26.8. The van der Waals surface area contributed by atoms with Gasteiger partial charge >= 0.3 is 6.03 Å². The number of carbonyl (C=O) groups is 1. The second kappa shape index (κ2) is 14.8. The summed E-state index contributed by atoms with van der Waals surface area (Å²) >= 11 is 0. The van der Waals surface area contributed by atoms with E-state index in [4.69, 9.17) is 19.8 Å². The van der Waals surface area contributed by atoms with E-state index in [1.807, 2.05) is 72.8 Å². The predicted molar refractivity (Wildman–Crippen MR) is 185 cm³/mol. The first-order chi connectivity index (χ1) is 22.8. The van der Waals surface area contributed by atoms with Crippen molar-refractivity contribution in [1.29, 1.82) is 0 Å². The van der Waals surface area contributed by atoms with E-state index >= 15 is 4.79 Å². The van der Waals surface area contributed by atoms with E-state index in [-0.39, 0.29) is 25.9 Å². The van der Waals surface area contributed by atoms with Gasteiger partial charge < -0.3 is 21.3 Å². The zero-order chi connectivity index (χ0) is 34.5. The van der Waals surface area contributed by atoms with Crippen molar-refractivity contribution in [2.24, 2.45) is 0 Å². The van der Waals surface area contributed by atoms with Gasteiger partial charge in [-0.3, -0.25) is 8.37 Å². The summed E-state index contributed by atoms with van der Waals surface area (Å²) in [6.45, 7) is 0.0319. The molecule has 0 bridgehead atoms. The van der Waals surface area contributed by atoms with Crippen LogP contribution in [-0.2, 0) is 54.5 Å². The molecule has 11 nitrogen and oxygen atoms in total. The number of hydrogen-bond donors (Lipinski definition) is 2. The molecule has 48 heavy (non-hydrogen) atoms. The van der Waals surface area contributed by atoms with Crippen molar-refractivity contribution in [2.75, 3.05) is 24.0 Å². The van der Waals surface area contributed by atoms with Gasteiger partial charge in [-0.25, -0.2) is 4.79 Å². The molecule has 5 rings (SSSR count). The van der Waals surface area contributed by atoms with Crippen LogP contribution >= 0.6 is 0 Å². The summed E-state index contributed by atoms with van der Waals surface area (Å²) in [5.74, 6) is 0. The minimum absolute atomic E-state index is 0.0159. The first-order valence-electron chi connectivity index (χ1n) is 15.4. The number of rotatable bonds is 12. The molecule has 1 saturated heterocycles. The third-order valence-corrected chi connectivity index (χ3v) is 9.27. The Morgan fingerprint density at radius 3 is 1.25 bits per heavy atom. The molecule has 4 aromatic carbocycles. The molecule has 254 valence electrons. The average Bonchev–Trinajstić information content (AvgIpc) is 3.08. The highest BCUT2D eigenvalue weighted by Crippen LogP contribution is 2.34. The Labute approximate surface area is 282 Å². The van der Waals surface area contributed by atoms with Crippen molar-refractivity contribution >= 4 is 37.6 Å². The summed E-state index contributed by atoms with van der Waals surface area (Å²) < 4.78 is 63.7. The lowest BCUT2D eigenvalue weighted by Gasteiger charge is -2.36. The molecule has 1 aliphatic heterocycles. The molecule has 1 heterocycles. The maximum absolute atomic E-state index is 15.1. The summed E-state index contributed by atoms with van der Waals surface area (Å²) in [6, 6.07) is 30.0. The van der Waals surface area contributed by atoms with E-state index in [0.29, 0.717) is 22.5 Å². The van der Waals surface area contributed by atoms with Crippen LogP contribution in [0.4, 0.5) is 16.2 Å². The number of hydrogen-bond acceptors (Lipinski definition) is 9. The monoisotopic (exact) mass is 692 g/mol. The van der Waals surface area contributed by atoms with E-state index in [1.54, 1.807) is 36.4 Å². The summed E-state index contributed by atoms with van der Waals surface area (Å²) in [7, 11) is -8.44. The third kappa shape index (κ3) is 9.34. The van der Waals surface area contributed by atoms with E-state index in [2.05, 4.69) is 0 Å². The van der Waals surface area contributed by atoms with Gasteiger partial charge in [0.05, 0.1) is 24.6 Å². The Morgan fingerprint density at radius 1 is 0.562 bits per heavy atom. The van der Waals surface area contributed by atoms with Crippen molar-refractivity contribution in [3.63, 3.8) is 0 Å². The molecule has 4 atom stereocenters. The molecule has 0 radical (unpaired) electrons. The summed E-state index contributed by atoms with van der Waals surface area (Å²) in [6.07, 6.45) is -0.837. The minimum atomic E-state index is -4.22. The van der Waals surface area contributed by atoms with Gasteiger partial charge in [0.2, 0.25) is 0 Å². The lowest BCUT2D eigenvalue weighted by atomic mass is 9.91. The lowest BCUT2D eigenvalue weighted by Crippen LogP contribution is -2.54. The number of benzene rings is 4. The average molecular weight is 693 g/mol. The molecule has 0 unspecified atom stereocenters. The van der Waals surface area contributed by atoms with Crippen molar-refractivity contribution in [2.45, 2.75) is 50.2 Å². The van der Waals surface area contributed by atoms with Crippen LogP contribution in [0.25, 0.3) is 0 Å². The number of amides is 2. The van der Waals surface area contributed by atoms with Crippen LogP contribution in [0.1, 0.15) is 22.3 Å². The van der Waals surface area contributed by atoms with Crippen LogP contribution in [0, 0.1) is 0 Å². The van der Waals surface area contributed by atoms with Gasteiger partial charge in [0.1, 0.15) is 12.2 Å². The number of nitrogen functional groups attached to an aromatic ring is 2.